The molecule has 1 aliphatic heterocycles. The molecule has 8 heteroatoms. The van der Waals surface area contributed by atoms with Gasteiger partial charge in [-0.3, -0.25) is 19.7 Å². The lowest BCUT2D eigenvalue weighted by atomic mass is 9.65. The standard InChI is InChI=1S/C24H26BrN5O2/c1-24(2)9-17-19(18(31)10-24)16(8-7-15-6-5-14(25)12-26-15)20-21(29-30-22(20)28-17)23(32)27-11-13-3-4-13/h5-8,12-13,16,19H,3-4,9-11H2,1-2H3,(H,27,32)(H,29,30)/b8-7+. The number of hydrogen-bond acceptors (Lipinski definition) is 5. The fourth-order valence-corrected chi connectivity index (χ4v) is 4.94. The molecule has 5 rings (SSSR count). The van der Waals surface area contributed by atoms with Crippen molar-refractivity contribution in [3.8, 4) is 0 Å². The molecule has 2 aromatic rings. The third kappa shape index (κ3) is 4.20. The average molecular weight is 496 g/mol. The molecule has 0 saturated heterocycles. The van der Waals surface area contributed by atoms with Crippen LogP contribution in [0.25, 0.3) is 6.08 Å². The van der Waals surface area contributed by atoms with Gasteiger partial charge in [0.25, 0.3) is 5.91 Å². The van der Waals surface area contributed by atoms with Gasteiger partial charge in [-0.1, -0.05) is 19.9 Å². The van der Waals surface area contributed by atoms with E-state index in [4.69, 9.17) is 4.99 Å². The summed E-state index contributed by atoms with van der Waals surface area (Å²) < 4.78 is 0.901. The van der Waals surface area contributed by atoms with Gasteiger partial charge >= 0.3 is 0 Å². The van der Waals surface area contributed by atoms with Crippen molar-refractivity contribution < 1.29 is 9.59 Å². The number of carbonyl (C=O) groups excluding carboxylic acids is 2. The Hall–Kier alpha value is -2.61. The van der Waals surface area contributed by atoms with Gasteiger partial charge in [-0.15, -0.1) is 0 Å². The normalized spacial score (nSPS) is 24.1. The zero-order chi connectivity index (χ0) is 22.5. The van der Waals surface area contributed by atoms with Crippen LogP contribution in [0, 0.1) is 17.3 Å². The molecule has 2 saturated carbocycles. The number of nitrogens with one attached hydrogen (secondary N) is 2. The fourth-order valence-electron chi connectivity index (χ4n) is 4.71. The first-order valence-corrected chi connectivity index (χ1v) is 11.9. The molecule has 0 spiro atoms. The SMILES string of the molecule is CC1(C)CC(=O)C2C(=Nc3n[nH]c(C(=O)NCC4CC4)c3C2/C=C/c2ccc(Br)cn2)C1. The Morgan fingerprint density at radius 1 is 1.31 bits per heavy atom. The number of Topliss-reactive ketones (excluding diaryl/α,β-unsaturated/α-hetero) is 1. The van der Waals surface area contributed by atoms with Crippen molar-refractivity contribution >= 4 is 45.2 Å². The first kappa shape index (κ1) is 21.2. The molecule has 0 bridgehead atoms. The molecule has 2 N–H and O–H groups in total. The molecular formula is C24H26BrN5O2. The quantitative estimate of drug-likeness (QED) is 0.632. The number of H-pyrrole nitrogens is 1. The second-order valence-electron chi connectivity index (χ2n) is 9.84. The highest BCUT2D eigenvalue weighted by atomic mass is 79.9. The van der Waals surface area contributed by atoms with Gasteiger partial charge in [0.05, 0.1) is 11.6 Å². The van der Waals surface area contributed by atoms with E-state index in [2.05, 4.69) is 50.3 Å². The molecule has 32 heavy (non-hydrogen) atoms. The molecule has 3 aliphatic rings. The number of pyridine rings is 1. The van der Waals surface area contributed by atoms with E-state index in [1.54, 1.807) is 6.20 Å². The number of ketones is 1. The second-order valence-corrected chi connectivity index (χ2v) is 10.8. The van der Waals surface area contributed by atoms with Gasteiger partial charge < -0.3 is 5.32 Å². The number of hydrogen-bond donors (Lipinski definition) is 2. The molecular weight excluding hydrogens is 470 g/mol. The van der Waals surface area contributed by atoms with Crippen molar-refractivity contribution in [1.82, 2.24) is 20.5 Å². The highest BCUT2D eigenvalue weighted by molar-refractivity contribution is 9.10. The van der Waals surface area contributed by atoms with Crippen LogP contribution in [0.2, 0.25) is 0 Å². The van der Waals surface area contributed by atoms with E-state index in [1.807, 2.05) is 24.3 Å². The molecule has 0 aromatic carbocycles. The lowest BCUT2D eigenvalue weighted by molar-refractivity contribution is -0.124. The predicted octanol–water partition coefficient (Wildman–Crippen LogP) is 4.60. The van der Waals surface area contributed by atoms with E-state index in [0.29, 0.717) is 36.0 Å². The molecule has 166 valence electrons. The Labute approximate surface area is 195 Å². The number of carbonyl (C=O) groups is 2. The zero-order valence-electron chi connectivity index (χ0n) is 18.2. The summed E-state index contributed by atoms with van der Waals surface area (Å²) in [5.74, 6) is 0.366. The van der Waals surface area contributed by atoms with Crippen LogP contribution in [0.5, 0.6) is 0 Å². The Morgan fingerprint density at radius 2 is 2.12 bits per heavy atom. The summed E-state index contributed by atoms with van der Waals surface area (Å²) in [7, 11) is 0. The van der Waals surface area contributed by atoms with Gasteiger partial charge in [0.1, 0.15) is 11.5 Å². The Balaban J connectivity index is 1.54. The van der Waals surface area contributed by atoms with Gasteiger partial charge in [0.2, 0.25) is 0 Å². The predicted molar refractivity (Wildman–Crippen MR) is 126 cm³/mol. The largest absolute Gasteiger partial charge is 0.350 e. The first-order chi connectivity index (χ1) is 15.3. The zero-order valence-corrected chi connectivity index (χ0v) is 19.8. The van der Waals surface area contributed by atoms with Crippen molar-refractivity contribution in [2.24, 2.45) is 22.2 Å². The van der Waals surface area contributed by atoms with Crippen LogP contribution < -0.4 is 5.32 Å². The summed E-state index contributed by atoms with van der Waals surface area (Å²) in [6, 6.07) is 3.83. The Bertz CT molecular complexity index is 1130. The smallest absolute Gasteiger partial charge is 0.269 e. The van der Waals surface area contributed by atoms with Crippen molar-refractivity contribution in [2.75, 3.05) is 6.54 Å². The summed E-state index contributed by atoms with van der Waals surface area (Å²) in [6.45, 7) is 4.86. The fraction of sp³-hybridized carbons (Fsp3) is 0.458. The summed E-state index contributed by atoms with van der Waals surface area (Å²) in [4.78, 5) is 35.4. The lowest BCUT2D eigenvalue weighted by Gasteiger charge is -2.39. The maximum absolute atomic E-state index is 13.3. The first-order valence-electron chi connectivity index (χ1n) is 11.1. The molecule has 2 atom stereocenters. The molecule has 3 heterocycles. The van der Waals surface area contributed by atoms with E-state index >= 15 is 0 Å². The molecule has 0 radical (unpaired) electrons. The molecule has 2 aromatic heterocycles. The number of aromatic nitrogens is 3. The van der Waals surface area contributed by atoms with Crippen LogP contribution in [0.1, 0.15) is 67.2 Å². The molecule has 2 unspecified atom stereocenters. The van der Waals surface area contributed by atoms with Crippen LogP contribution in [-0.4, -0.2) is 39.1 Å². The van der Waals surface area contributed by atoms with Crippen molar-refractivity contribution in [3.05, 3.63) is 45.8 Å². The topological polar surface area (TPSA) is 100 Å². The van der Waals surface area contributed by atoms with Crippen molar-refractivity contribution in [1.29, 1.82) is 0 Å². The number of amides is 1. The number of nitrogens with zero attached hydrogens (tertiary/aromatic N) is 3. The average Bonchev–Trinajstić information content (AvgIpc) is 3.47. The van der Waals surface area contributed by atoms with Gasteiger partial charge in [-0.2, -0.15) is 5.10 Å². The van der Waals surface area contributed by atoms with E-state index < -0.39 is 0 Å². The lowest BCUT2D eigenvalue weighted by Crippen LogP contribution is -2.42. The highest BCUT2D eigenvalue weighted by Gasteiger charge is 2.46. The van der Waals surface area contributed by atoms with E-state index in [9.17, 15) is 9.59 Å². The number of fused-ring (bicyclic) bond motifs is 2. The number of aliphatic imine (C=N–C) groups is 1. The molecule has 2 aliphatic carbocycles. The molecule has 7 nitrogen and oxygen atoms in total. The van der Waals surface area contributed by atoms with Crippen molar-refractivity contribution in [3.63, 3.8) is 0 Å². The summed E-state index contributed by atoms with van der Waals surface area (Å²) >= 11 is 3.40. The Morgan fingerprint density at radius 3 is 2.84 bits per heavy atom. The second kappa shape index (κ2) is 8.06. The summed E-state index contributed by atoms with van der Waals surface area (Å²) in [5.41, 5.74) is 2.61. The molecule has 2 fully saturated rings. The summed E-state index contributed by atoms with van der Waals surface area (Å²) in [5, 5.41) is 10.3. The monoisotopic (exact) mass is 495 g/mol. The number of aromatic amines is 1. The van der Waals surface area contributed by atoms with Crippen molar-refractivity contribution in [2.45, 2.75) is 45.4 Å². The minimum atomic E-state index is -0.380. The van der Waals surface area contributed by atoms with E-state index in [-0.39, 0.29) is 28.9 Å². The van der Waals surface area contributed by atoms with Gasteiger partial charge in [-0.25, -0.2) is 4.99 Å². The third-order valence-corrected chi connectivity index (χ3v) is 6.91. The maximum Gasteiger partial charge on any atom is 0.269 e. The van der Waals surface area contributed by atoms with E-state index in [0.717, 1.165) is 35.1 Å². The van der Waals surface area contributed by atoms with Gasteiger partial charge in [0.15, 0.2) is 5.82 Å². The summed E-state index contributed by atoms with van der Waals surface area (Å²) in [6.07, 6.45) is 9.18. The minimum absolute atomic E-state index is 0.133. The van der Waals surface area contributed by atoms with E-state index in [1.165, 1.54) is 0 Å². The highest BCUT2D eigenvalue weighted by Crippen LogP contribution is 2.47. The third-order valence-electron chi connectivity index (χ3n) is 6.44. The number of allylic oxidation sites excluding steroid dienone is 1. The van der Waals surface area contributed by atoms with Crippen LogP contribution >= 0.6 is 15.9 Å². The van der Waals surface area contributed by atoms with Crippen LogP contribution in [-0.2, 0) is 4.79 Å². The van der Waals surface area contributed by atoms with Crippen LogP contribution in [0.4, 0.5) is 5.82 Å². The van der Waals surface area contributed by atoms with Gasteiger partial charge in [0, 0.05) is 40.8 Å². The Kier molecular flexibility index (Phi) is 5.35. The van der Waals surface area contributed by atoms with Crippen LogP contribution in [0.3, 0.4) is 0 Å². The number of halogens is 1. The van der Waals surface area contributed by atoms with Gasteiger partial charge in [-0.05, 0) is 64.7 Å². The number of rotatable bonds is 5. The molecule has 1 amide bonds. The minimum Gasteiger partial charge on any atom is -0.350 e. The maximum atomic E-state index is 13.3. The van der Waals surface area contributed by atoms with Crippen LogP contribution in [0.15, 0.2) is 33.9 Å².